The maximum absolute atomic E-state index is 2.65. The van der Waals surface area contributed by atoms with Gasteiger partial charge in [0.1, 0.15) is 0 Å². The van der Waals surface area contributed by atoms with Crippen molar-refractivity contribution in [2.24, 2.45) is 0 Å². The third-order valence-electron chi connectivity index (χ3n) is 19.0. The number of fused-ring (bicyclic) bond motifs is 17. The van der Waals surface area contributed by atoms with Gasteiger partial charge in [-0.2, -0.15) is 0 Å². The van der Waals surface area contributed by atoms with Crippen LogP contribution in [-0.4, -0.2) is 10.6 Å². The largest absolute Gasteiger partial charge is 0.334 e. The van der Waals surface area contributed by atoms with E-state index in [0.29, 0.717) is 0 Å². The summed E-state index contributed by atoms with van der Waals surface area (Å²) in [6.45, 7) is 2.41. The second-order valence-electron chi connectivity index (χ2n) is 23.1. The van der Waals surface area contributed by atoms with Crippen LogP contribution in [0.4, 0.5) is 11.4 Å². The van der Waals surface area contributed by atoms with E-state index in [2.05, 4.69) is 283 Å². The van der Waals surface area contributed by atoms with Crippen molar-refractivity contribution < 1.29 is 0 Å². The van der Waals surface area contributed by atoms with Crippen LogP contribution in [0.2, 0.25) is 0 Å². The second-order valence-corrected chi connectivity index (χ2v) is 24.2. The Bertz CT molecular complexity index is 4800. The van der Waals surface area contributed by atoms with Crippen LogP contribution in [0.15, 0.2) is 267 Å². The fourth-order valence-electron chi connectivity index (χ4n) is 15.2. The van der Waals surface area contributed by atoms with Crippen LogP contribution in [0.1, 0.15) is 66.0 Å². The number of nitrogens with zero attached hydrogens (tertiary/aromatic N) is 2. The molecule has 2 nitrogen and oxygen atoms in total. The maximum Gasteiger partial charge on any atom is 0.0726 e. The molecule has 0 radical (unpaired) electrons. The van der Waals surface area contributed by atoms with E-state index in [-0.39, 0.29) is 11.5 Å². The van der Waals surface area contributed by atoms with E-state index in [0.717, 1.165) is 25.7 Å². The summed E-state index contributed by atoms with van der Waals surface area (Å²) in [5, 5.41) is 7.81. The van der Waals surface area contributed by atoms with Crippen molar-refractivity contribution in [2.45, 2.75) is 49.5 Å². The number of hydrogen-bond acceptors (Lipinski definition) is 2. The molecule has 0 bridgehead atoms. The van der Waals surface area contributed by atoms with Crippen molar-refractivity contribution in [3.63, 3.8) is 0 Å². The Morgan fingerprint density at radius 1 is 0.457 bits per heavy atom. The van der Waals surface area contributed by atoms with Crippen LogP contribution in [0.3, 0.4) is 0 Å². The zero-order chi connectivity index (χ0) is 53.4. The summed E-state index contributed by atoms with van der Waals surface area (Å²) in [5.74, 6) is 0. The van der Waals surface area contributed by atoms with Crippen molar-refractivity contribution in [3.8, 4) is 33.4 Å². The molecule has 3 atom stereocenters. The summed E-state index contributed by atoms with van der Waals surface area (Å²) in [6, 6.07) is 92.1. The van der Waals surface area contributed by atoms with E-state index < -0.39 is 5.41 Å². The van der Waals surface area contributed by atoms with Crippen molar-refractivity contribution >= 4 is 86.7 Å². The van der Waals surface area contributed by atoms with Crippen LogP contribution in [0.5, 0.6) is 0 Å². The summed E-state index contributed by atoms with van der Waals surface area (Å²) in [4.78, 5) is 2.65. The fourth-order valence-corrected chi connectivity index (χ4v) is 16.3. The fraction of sp³-hybridized carbons (Fsp3) is 0.103. The molecule has 11 aromatic carbocycles. The lowest BCUT2D eigenvalue weighted by molar-refractivity contribution is 0.467. The Morgan fingerprint density at radius 2 is 1.10 bits per heavy atom. The van der Waals surface area contributed by atoms with E-state index in [4.69, 9.17) is 0 Å². The van der Waals surface area contributed by atoms with Gasteiger partial charge in [0.05, 0.1) is 22.5 Å². The number of rotatable bonds is 7. The van der Waals surface area contributed by atoms with Crippen LogP contribution < -0.4 is 4.90 Å². The van der Waals surface area contributed by atoms with Gasteiger partial charge < -0.3 is 9.47 Å². The lowest BCUT2D eigenvalue weighted by Gasteiger charge is -2.39. The minimum Gasteiger partial charge on any atom is -0.334 e. The zero-order valence-corrected chi connectivity index (χ0v) is 45.9. The van der Waals surface area contributed by atoms with Gasteiger partial charge in [0.2, 0.25) is 0 Å². The van der Waals surface area contributed by atoms with E-state index in [1.165, 1.54) is 142 Å². The Kier molecular flexibility index (Phi) is 10.3. The van der Waals surface area contributed by atoms with Crippen LogP contribution >= 0.6 is 11.3 Å². The van der Waals surface area contributed by atoms with E-state index in [1.807, 2.05) is 11.3 Å². The van der Waals surface area contributed by atoms with Crippen molar-refractivity contribution in [1.82, 2.24) is 4.57 Å². The first-order chi connectivity index (χ1) is 40.0. The molecule has 4 aliphatic rings. The zero-order valence-electron chi connectivity index (χ0n) is 45.1. The summed E-state index contributed by atoms with van der Waals surface area (Å²) in [6.07, 6.45) is 13.7. The number of anilines is 2. The molecule has 0 saturated heterocycles. The first-order valence-corrected chi connectivity index (χ1v) is 29.7. The molecule has 3 heteroatoms. The smallest absolute Gasteiger partial charge is 0.0726 e. The summed E-state index contributed by atoms with van der Waals surface area (Å²) in [7, 11) is 0. The standard InChI is InChI=1S/C78H56N2S/c1-77(52-18-3-2-4-19-52)46-44-55(45-47-77)79(53-38-34-50(35-39-53)51-36-40-54(41-37-51)80-71-31-14-9-23-60(71)61-24-10-15-32-72(61)80)73-43-42-57(56-20-5-6-22-59(56)73)63-27-17-30-69-76(63)64-26-8-13-29-68(64)78(69)67-28-12-7-21-58(67)65-48-66-62-25-11-16-33-74(62)81-75(66)49-70(65)78/h2-36,38-40,42-44,46,48-49,55H,37,41,45,47H2,1H3. The molecule has 0 aliphatic heterocycles. The molecule has 1 spiro atoms. The van der Waals surface area contributed by atoms with Crippen LogP contribution in [0.25, 0.3) is 97.4 Å². The SMILES string of the molecule is CC1(c2ccccc2)C=CC(N(c2ccc(C3=CC=C(n4c5ccccc5c5ccccc54)CC3)cc2)c2ccc(-c3cccc4c3-c3ccccc3C43c4ccccc4-c4cc5c(cc43)sc3ccccc35)c3ccccc23)CC1. The number of benzene rings is 11. The predicted octanol–water partition coefficient (Wildman–Crippen LogP) is 20.9. The summed E-state index contributed by atoms with van der Waals surface area (Å²) < 4.78 is 5.16. The van der Waals surface area contributed by atoms with Gasteiger partial charge in [0.15, 0.2) is 0 Å². The minimum atomic E-state index is -0.461. The van der Waals surface area contributed by atoms with Crippen molar-refractivity contribution in [2.75, 3.05) is 4.90 Å². The van der Waals surface area contributed by atoms with Crippen LogP contribution in [-0.2, 0) is 10.8 Å². The van der Waals surface area contributed by atoms with E-state index in [1.54, 1.807) is 0 Å². The highest BCUT2D eigenvalue weighted by molar-refractivity contribution is 7.25. The van der Waals surface area contributed by atoms with Crippen molar-refractivity contribution in [1.29, 1.82) is 0 Å². The molecule has 2 heterocycles. The Hall–Kier alpha value is -9.28. The van der Waals surface area contributed by atoms with Gasteiger partial charge in [-0.05, 0) is 158 Å². The minimum absolute atomic E-state index is 0.0379. The molecule has 0 fully saturated rings. The lowest BCUT2D eigenvalue weighted by Crippen LogP contribution is -2.35. The Labute approximate surface area is 476 Å². The van der Waals surface area contributed by atoms with E-state index in [9.17, 15) is 0 Å². The number of hydrogen-bond donors (Lipinski definition) is 0. The second kappa shape index (κ2) is 17.9. The van der Waals surface area contributed by atoms with Gasteiger partial charge >= 0.3 is 0 Å². The highest BCUT2D eigenvalue weighted by Gasteiger charge is 2.52. The third kappa shape index (κ3) is 6.79. The van der Waals surface area contributed by atoms with Crippen molar-refractivity contribution in [3.05, 3.63) is 300 Å². The third-order valence-corrected chi connectivity index (χ3v) is 20.1. The van der Waals surface area contributed by atoms with Gasteiger partial charge in [0.25, 0.3) is 0 Å². The first-order valence-electron chi connectivity index (χ1n) is 28.9. The van der Waals surface area contributed by atoms with Gasteiger partial charge in [0, 0.05) is 58.8 Å². The summed E-state index contributed by atoms with van der Waals surface area (Å²) >= 11 is 1.92. The number of para-hydroxylation sites is 2. The molecule has 13 aromatic rings. The van der Waals surface area contributed by atoms with Gasteiger partial charge in [-0.15, -0.1) is 11.3 Å². The quantitative estimate of drug-likeness (QED) is 0.144. The van der Waals surface area contributed by atoms with Crippen LogP contribution in [0, 0.1) is 0 Å². The molecule has 384 valence electrons. The molecular weight excluding hydrogens is 997 g/mol. The molecule has 0 N–H and O–H groups in total. The molecule has 0 amide bonds. The topological polar surface area (TPSA) is 8.17 Å². The van der Waals surface area contributed by atoms with Gasteiger partial charge in [-0.25, -0.2) is 0 Å². The van der Waals surface area contributed by atoms with Gasteiger partial charge in [-0.3, -0.25) is 0 Å². The average Bonchev–Trinajstić information content (AvgIpc) is 2.65. The Balaban J connectivity index is 0.799. The highest BCUT2D eigenvalue weighted by Crippen LogP contribution is 2.65. The summed E-state index contributed by atoms with van der Waals surface area (Å²) in [5.41, 5.74) is 23.2. The normalized spacial score (nSPS) is 18.8. The molecule has 17 rings (SSSR count). The monoisotopic (exact) mass is 1050 g/mol. The number of thiophene rings is 1. The molecule has 0 saturated carbocycles. The molecule has 4 aliphatic carbocycles. The molecule has 81 heavy (non-hydrogen) atoms. The molecule has 2 aromatic heterocycles. The highest BCUT2D eigenvalue weighted by atomic mass is 32.1. The van der Waals surface area contributed by atoms with Gasteiger partial charge in [-0.1, -0.05) is 219 Å². The predicted molar refractivity (Wildman–Crippen MR) is 344 cm³/mol. The van der Waals surface area contributed by atoms with E-state index >= 15 is 0 Å². The average molecular weight is 1050 g/mol. The molecule has 3 unspecified atom stereocenters. The Morgan fingerprint density at radius 3 is 1.84 bits per heavy atom. The lowest BCUT2D eigenvalue weighted by atomic mass is 9.70. The number of aromatic nitrogens is 1. The maximum atomic E-state index is 2.65. The number of allylic oxidation sites excluding steroid dienone is 5. The first kappa shape index (κ1) is 46.6. The molecular formula is C78H56N2S.